The van der Waals surface area contributed by atoms with Gasteiger partial charge in [0.25, 0.3) is 5.69 Å². The van der Waals surface area contributed by atoms with Crippen LogP contribution in [-0.2, 0) is 0 Å². The molecule has 2 aromatic carbocycles. The molecule has 2 N–H and O–H groups in total. The molecule has 98 valence electrons. The number of nitro benzene ring substituents is 1. The number of hydrogen-bond donors (Lipinski definition) is 1. The van der Waals surface area contributed by atoms with Gasteiger partial charge in [0.05, 0.1) is 11.0 Å². The summed E-state index contributed by atoms with van der Waals surface area (Å²) in [5.74, 6) is -0.385. The van der Waals surface area contributed by atoms with Gasteiger partial charge in [-0.1, -0.05) is 12.1 Å². The molecule has 0 amide bonds. The zero-order chi connectivity index (χ0) is 14.0. The number of anilines is 1. The van der Waals surface area contributed by atoms with Gasteiger partial charge in [-0.05, 0) is 18.6 Å². The summed E-state index contributed by atoms with van der Waals surface area (Å²) < 4.78 is 19.1. The molecule has 0 aliphatic rings. The van der Waals surface area contributed by atoms with Gasteiger partial charge in [0.15, 0.2) is 11.6 Å². The Labute approximate surface area is 108 Å². The van der Waals surface area contributed by atoms with E-state index in [9.17, 15) is 14.5 Å². The molecular formula is C13H11FN2O3. The third kappa shape index (κ3) is 2.79. The minimum Gasteiger partial charge on any atom is -0.454 e. The summed E-state index contributed by atoms with van der Waals surface area (Å²) >= 11 is 0. The summed E-state index contributed by atoms with van der Waals surface area (Å²) in [5.41, 5.74) is 5.94. The Morgan fingerprint density at radius 3 is 2.74 bits per heavy atom. The maximum Gasteiger partial charge on any atom is 0.275 e. The number of rotatable bonds is 3. The highest BCUT2D eigenvalue weighted by molar-refractivity contribution is 5.54. The van der Waals surface area contributed by atoms with Crippen LogP contribution in [-0.4, -0.2) is 4.92 Å². The summed E-state index contributed by atoms with van der Waals surface area (Å²) in [5, 5.41) is 10.7. The molecule has 0 spiro atoms. The number of non-ortho nitro benzene ring substituents is 1. The number of hydrogen-bond acceptors (Lipinski definition) is 4. The van der Waals surface area contributed by atoms with E-state index in [4.69, 9.17) is 10.5 Å². The first-order valence-electron chi connectivity index (χ1n) is 5.45. The van der Waals surface area contributed by atoms with Crippen molar-refractivity contribution in [2.75, 3.05) is 5.73 Å². The molecule has 0 aliphatic heterocycles. The summed E-state index contributed by atoms with van der Waals surface area (Å²) in [6.07, 6.45) is 0. The summed E-state index contributed by atoms with van der Waals surface area (Å²) in [4.78, 5) is 10.1. The largest absolute Gasteiger partial charge is 0.454 e. The van der Waals surface area contributed by atoms with Gasteiger partial charge in [0.2, 0.25) is 0 Å². The van der Waals surface area contributed by atoms with Crippen molar-refractivity contribution in [1.29, 1.82) is 0 Å². The molecule has 0 atom stereocenters. The minimum absolute atomic E-state index is 0.0000945. The van der Waals surface area contributed by atoms with E-state index >= 15 is 0 Å². The van der Waals surface area contributed by atoms with Crippen molar-refractivity contribution >= 4 is 11.4 Å². The normalized spacial score (nSPS) is 10.2. The molecule has 6 heteroatoms. The molecule has 0 bridgehead atoms. The monoisotopic (exact) mass is 262 g/mol. The number of nitrogen functional groups attached to an aromatic ring is 1. The maximum atomic E-state index is 13.8. The zero-order valence-corrected chi connectivity index (χ0v) is 10.1. The first kappa shape index (κ1) is 12.8. The van der Waals surface area contributed by atoms with Crippen LogP contribution in [0.15, 0.2) is 36.4 Å². The van der Waals surface area contributed by atoms with E-state index in [1.807, 2.05) is 0 Å². The number of aryl methyl sites for hydroxylation is 1. The Kier molecular flexibility index (Phi) is 3.33. The van der Waals surface area contributed by atoms with Crippen LogP contribution in [0.1, 0.15) is 5.56 Å². The van der Waals surface area contributed by atoms with Gasteiger partial charge in [0.1, 0.15) is 5.75 Å². The van der Waals surface area contributed by atoms with Crippen LogP contribution in [0.4, 0.5) is 15.8 Å². The topological polar surface area (TPSA) is 78.4 Å². The number of benzene rings is 2. The standard InChI is InChI=1S/C13H11FN2O3/c1-8-3-2-4-12(13(8)14)19-11-6-9(15)5-10(7-11)16(17)18/h2-7H,15H2,1H3. The lowest BCUT2D eigenvalue weighted by atomic mass is 10.2. The quantitative estimate of drug-likeness (QED) is 0.522. The van der Waals surface area contributed by atoms with Crippen molar-refractivity contribution in [3.05, 3.63) is 57.9 Å². The Hall–Kier alpha value is -2.63. The molecule has 2 aromatic rings. The Balaban J connectivity index is 2.38. The van der Waals surface area contributed by atoms with Crippen LogP contribution in [0.3, 0.4) is 0 Å². The fourth-order valence-electron chi connectivity index (χ4n) is 1.60. The molecule has 0 heterocycles. The number of halogens is 1. The molecule has 0 fully saturated rings. The lowest BCUT2D eigenvalue weighted by Gasteiger charge is -2.08. The third-order valence-corrected chi connectivity index (χ3v) is 2.51. The van der Waals surface area contributed by atoms with Gasteiger partial charge in [0, 0.05) is 17.8 Å². The van der Waals surface area contributed by atoms with E-state index in [2.05, 4.69) is 0 Å². The smallest absolute Gasteiger partial charge is 0.275 e. The van der Waals surface area contributed by atoms with Crippen molar-refractivity contribution in [2.45, 2.75) is 6.92 Å². The second kappa shape index (κ2) is 4.93. The summed E-state index contributed by atoms with van der Waals surface area (Å²) in [6, 6.07) is 8.47. The Morgan fingerprint density at radius 2 is 2.05 bits per heavy atom. The van der Waals surface area contributed by atoms with Crippen LogP contribution in [0.2, 0.25) is 0 Å². The predicted octanol–water partition coefficient (Wildman–Crippen LogP) is 3.42. The van der Waals surface area contributed by atoms with Crippen LogP contribution < -0.4 is 10.5 Å². The highest BCUT2D eigenvalue weighted by Gasteiger charge is 2.12. The van der Waals surface area contributed by atoms with E-state index in [1.54, 1.807) is 19.1 Å². The third-order valence-electron chi connectivity index (χ3n) is 2.51. The van der Waals surface area contributed by atoms with Crippen molar-refractivity contribution in [3.63, 3.8) is 0 Å². The predicted molar refractivity (Wildman–Crippen MR) is 68.7 cm³/mol. The van der Waals surface area contributed by atoms with Crippen molar-refractivity contribution in [1.82, 2.24) is 0 Å². The molecule has 0 aliphatic carbocycles. The Bertz CT molecular complexity index is 644. The van der Waals surface area contributed by atoms with E-state index in [1.165, 1.54) is 24.3 Å². The molecule has 0 saturated carbocycles. The first-order valence-corrected chi connectivity index (χ1v) is 5.45. The van der Waals surface area contributed by atoms with Gasteiger partial charge < -0.3 is 10.5 Å². The van der Waals surface area contributed by atoms with Gasteiger partial charge in [-0.2, -0.15) is 0 Å². The van der Waals surface area contributed by atoms with Crippen LogP contribution >= 0.6 is 0 Å². The average Bonchev–Trinajstić information content (AvgIpc) is 2.34. The number of ether oxygens (including phenoxy) is 1. The Morgan fingerprint density at radius 1 is 1.32 bits per heavy atom. The molecule has 0 aromatic heterocycles. The van der Waals surface area contributed by atoms with E-state index in [0.717, 1.165) is 0 Å². The number of nitro groups is 1. The highest BCUT2D eigenvalue weighted by atomic mass is 19.1. The lowest BCUT2D eigenvalue weighted by molar-refractivity contribution is -0.384. The van der Waals surface area contributed by atoms with Crippen LogP contribution in [0, 0.1) is 22.9 Å². The zero-order valence-electron chi connectivity index (χ0n) is 10.1. The van der Waals surface area contributed by atoms with E-state index in [-0.39, 0.29) is 22.9 Å². The molecule has 0 radical (unpaired) electrons. The summed E-state index contributed by atoms with van der Waals surface area (Å²) in [6.45, 7) is 1.60. The lowest BCUT2D eigenvalue weighted by Crippen LogP contribution is -1.95. The fourth-order valence-corrected chi connectivity index (χ4v) is 1.60. The van der Waals surface area contributed by atoms with Crippen molar-refractivity contribution < 1.29 is 14.1 Å². The second-order valence-corrected chi connectivity index (χ2v) is 4.01. The number of nitrogens with zero attached hydrogens (tertiary/aromatic N) is 1. The minimum atomic E-state index is -0.587. The highest BCUT2D eigenvalue weighted by Crippen LogP contribution is 2.30. The van der Waals surface area contributed by atoms with Crippen molar-refractivity contribution in [2.24, 2.45) is 0 Å². The first-order chi connectivity index (χ1) is 8.97. The molecule has 0 saturated heterocycles. The van der Waals surface area contributed by atoms with Gasteiger partial charge in [-0.25, -0.2) is 4.39 Å². The molecule has 2 rings (SSSR count). The molecule has 19 heavy (non-hydrogen) atoms. The second-order valence-electron chi connectivity index (χ2n) is 4.01. The van der Waals surface area contributed by atoms with Gasteiger partial charge in [-0.15, -0.1) is 0 Å². The molecule has 5 nitrogen and oxygen atoms in total. The fraction of sp³-hybridized carbons (Fsp3) is 0.0769. The maximum absolute atomic E-state index is 13.8. The average molecular weight is 262 g/mol. The van der Waals surface area contributed by atoms with E-state index in [0.29, 0.717) is 5.56 Å². The molecule has 0 unspecified atom stereocenters. The van der Waals surface area contributed by atoms with Crippen LogP contribution in [0.5, 0.6) is 11.5 Å². The van der Waals surface area contributed by atoms with Gasteiger partial charge in [-0.3, -0.25) is 10.1 Å². The summed E-state index contributed by atoms with van der Waals surface area (Å²) in [7, 11) is 0. The molecular weight excluding hydrogens is 251 g/mol. The van der Waals surface area contributed by atoms with Crippen molar-refractivity contribution in [3.8, 4) is 11.5 Å². The number of nitrogens with two attached hydrogens (primary N) is 1. The van der Waals surface area contributed by atoms with E-state index < -0.39 is 10.7 Å². The van der Waals surface area contributed by atoms with Crippen LogP contribution in [0.25, 0.3) is 0 Å². The SMILES string of the molecule is Cc1cccc(Oc2cc(N)cc([N+](=O)[O-])c2)c1F. The van der Waals surface area contributed by atoms with Gasteiger partial charge >= 0.3 is 0 Å².